The topological polar surface area (TPSA) is 95.0 Å². The van der Waals surface area contributed by atoms with Crippen molar-refractivity contribution in [3.05, 3.63) is 24.4 Å². The summed E-state index contributed by atoms with van der Waals surface area (Å²) in [5, 5.41) is 10.6. The van der Waals surface area contributed by atoms with E-state index in [-0.39, 0.29) is 11.6 Å². The fraction of sp³-hybridized carbons (Fsp3) is 0.650. The molecule has 1 spiro atoms. The Bertz CT molecular complexity index is 749. The molecule has 2 N–H and O–H groups in total. The van der Waals surface area contributed by atoms with E-state index in [4.69, 9.17) is 14.6 Å². The molecule has 1 aromatic rings. The van der Waals surface area contributed by atoms with Crippen molar-refractivity contribution in [2.75, 3.05) is 38.1 Å². The van der Waals surface area contributed by atoms with Gasteiger partial charge in [-0.15, -0.1) is 0 Å². The van der Waals surface area contributed by atoms with Crippen LogP contribution in [0.5, 0.6) is 0 Å². The number of piperidine rings is 1. The zero-order valence-electron chi connectivity index (χ0n) is 17.1. The highest BCUT2D eigenvalue weighted by molar-refractivity contribution is 5.75. The van der Waals surface area contributed by atoms with Crippen molar-refractivity contribution in [3.63, 3.8) is 0 Å². The minimum Gasteiger partial charge on any atom is -0.475 e. The summed E-state index contributed by atoms with van der Waals surface area (Å²) in [5.74, 6) is -1.85. The molecule has 4 rings (SSSR count). The lowest BCUT2D eigenvalue weighted by Gasteiger charge is -2.39. The quantitative estimate of drug-likeness (QED) is 0.728. The smallest absolute Gasteiger partial charge is 0.475 e. The van der Waals surface area contributed by atoms with E-state index in [1.54, 1.807) is 6.20 Å². The number of pyridine rings is 1. The first-order valence-electron chi connectivity index (χ1n) is 10.3. The zero-order valence-corrected chi connectivity index (χ0v) is 17.1. The summed E-state index contributed by atoms with van der Waals surface area (Å²) in [7, 11) is 0. The van der Waals surface area contributed by atoms with Crippen LogP contribution in [-0.4, -0.2) is 82.5 Å². The molecule has 3 saturated heterocycles. The molecule has 4 heterocycles. The Labute approximate surface area is 178 Å². The number of nitrogens with one attached hydrogen (secondary N) is 1. The number of aliphatic carboxylic acids is 1. The number of carboxylic acids is 1. The van der Waals surface area contributed by atoms with Gasteiger partial charge in [0.2, 0.25) is 0 Å². The standard InChI is InChI=1S/C18H26N4O2.C2HF3O2/c23-17(21-9-3-4-10-21)22-11-6-18(7-12-22)13-15(14-24-18)20-16-5-1-2-8-19-16;3-2(4,5)1(6)7/h1-2,5,8,15H,3-4,6-7,9-14H2,(H,19,20);(H,6,7). The molecule has 0 bridgehead atoms. The zero-order chi connectivity index (χ0) is 22.5. The lowest BCUT2D eigenvalue weighted by atomic mass is 9.87. The number of anilines is 1. The molecule has 0 aromatic carbocycles. The van der Waals surface area contributed by atoms with Gasteiger partial charge in [-0.25, -0.2) is 14.6 Å². The van der Waals surface area contributed by atoms with Crippen molar-refractivity contribution < 1.29 is 32.6 Å². The molecule has 3 fully saturated rings. The second kappa shape index (κ2) is 9.71. The van der Waals surface area contributed by atoms with Crippen LogP contribution in [0.15, 0.2) is 24.4 Å². The predicted molar refractivity (Wildman–Crippen MR) is 106 cm³/mol. The highest BCUT2D eigenvalue weighted by Gasteiger charge is 2.44. The maximum Gasteiger partial charge on any atom is 0.490 e. The summed E-state index contributed by atoms with van der Waals surface area (Å²) in [6.07, 6.45) is 1.88. The lowest BCUT2D eigenvalue weighted by molar-refractivity contribution is -0.192. The van der Waals surface area contributed by atoms with E-state index >= 15 is 0 Å². The molecule has 3 aliphatic rings. The molecule has 1 unspecified atom stereocenters. The Morgan fingerprint density at radius 2 is 1.74 bits per heavy atom. The van der Waals surface area contributed by atoms with E-state index < -0.39 is 12.1 Å². The number of likely N-dealkylation sites (tertiary alicyclic amines) is 2. The molecule has 0 saturated carbocycles. The number of nitrogens with zero attached hydrogens (tertiary/aromatic N) is 3. The van der Waals surface area contributed by atoms with Gasteiger partial charge in [0.25, 0.3) is 0 Å². The summed E-state index contributed by atoms with van der Waals surface area (Å²) < 4.78 is 37.9. The number of halogens is 3. The predicted octanol–water partition coefficient (Wildman–Crippen LogP) is 2.97. The number of aromatic nitrogens is 1. The molecule has 2 amide bonds. The number of hydrogen-bond donors (Lipinski definition) is 2. The largest absolute Gasteiger partial charge is 0.490 e. The summed E-state index contributed by atoms with van der Waals surface area (Å²) in [6.45, 7) is 4.19. The maximum absolute atomic E-state index is 12.5. The molecular formula is C20H27F3N4O4. The lowest BCUT2D eigenvalue weighted by Crippen LogP contribution is -2.50. The van der Waals surface area contributed by atoms with Crippen LogP contribution in [0.2, 0.25) is 0 Å². The first-order valence-corrected chi connectivity index (χ1v) is 10.3. The van der Waals surface area contributed by atoms with Crippen molar-refractivity contribution in [3.8, 4) is 0 Å². The molecule has 31 heavy (non-hydrogen) atoms. The normalized spacial score (nSPS) is 22.7. The van der Waals surface area contributed by atoms with E-state index in [9.17, 15) is 18.0 Å². The Morgan fingerprint density at radius 3 is 2.29 bits per heavy atom. The van der Waals surface area contributed by atoms with Gasteiger partial charge in [-0.2, -0.15) is 13.2 Å². The van der Waals surface area contributed by atoms with Crippen molar-refractivity contribution >= 4 is 17.8 Å². The van der Waals surface area contributed by atoms with Gasteiger partial charge < -0.3 is 25.0 Å². The Morgan fingerprint density at radius 1 is 1.13 bits per heavy atom. The second-order valence-electron chi connectivity index (χ2n) is 8.02. The number of rotatable bonds is 2. The van der Waals surface area contributed by atoms with Gasteiger partial charge in [-0.1, -0.05) is 6.07 Å². The van der Waals surface area contributed by atoms with Gasteiger partial charge in [-0.05, 0) is 44.2 Å². The van der Waals surface area contributed by atoms with Crippen molar-refractivity contribution in [1.82, 2.24) is 14.8 Å². The van der Waals surface area contributed by atoms with Crippen LogP contribution in [0, 0.1) is 0 Å². The minimum absolute atomic E-state index is 0.0613. The van der Waals surface area contributed by atoms with Gasteiger partial charge >= 0.3 is 18.2 Å². The van der Waals surface area contributed by atoms with Crippen LogP contribution in [0.4, 0.5) is 23.8 Å². The van der Waals surface area contributed by atoms with Crippen LogP contribution < -0.4 is 5.32 Å². The molecular weight excluding hydrogens is 417 g/mol. The van der Waals surface area contributed by atoms with Gasteiger partial charge in [0, 0.05) is 32.4 Å². The van der Waals surface area contributed by atoms with Gasteiger partial charge in [0.05, 0.1) is 18.2 Å². The number of amides is 2. The highest BCUT2D eigenvalue weighted by Crippen LogP contribution is 2.37. The van der Waals surface area contributed by atoms with E-state index in [2.05, 4.69) is 10.3 Å². The van der Waals surface area contributed by atoms with Crippen LogP contribution in [-0.2, 0) is 9.53 Å². The Kier molecular flexibility index (Phi) is 7.24. The molecule has 172 valence electrons. The fourth-order valence-electron chi connectivity index (χ4n) is 4.16. The third-order valence-electron chi connectivity index (χ3n) is 5.79. The number of carboxylic acid groups (broad SMARTS) is 1. The Hall–Kier alpha value is -2.56. The molecule has 1 atom stereocenters. The average Bonchev–Trinajstić information content (AvgIpc) is 3.40. The van der Waals surface area contributed by atoms with Crippen molar-refractivity contribution in [2.45, 2.75) is 49.9 Å². The monoisotopic (exact) mass is 444 g/mol. The van der Waals surface area contributed by atoms with Crippen LogP contribution >= 0.6 is 0 Å². The number of carbonyl (C=O) groups excluding carboxylic acids is 1. The van der Waals surface area contributed by atoms with E-state index in [0.29, 0.717) is 6.04 Å². The van der Waals surface area contributed by atoms with E-state index in [0.717, 1.165) is 70.7 Å². The SMILES string of the molecule is O=C(N1CCCC1)N1CCC2(CC1)CC(Nc1ccccn1)CO2.O=C(O)C(F)(F)F. The van der Waals surface area contributed by atoms with Gasteiger partial charge in [-0.3, -0.25) is 0 Å². The first-order chi connectivity index (χ1) is 14.7. The van der Waals surface area contributed by atoms with Gasteiger partial charge in [0.1, 0.15) is 5.82 Å². The minimum atomic E-state index is -5.08. The summed E-state index contributed by atoms with van der Waals surface area (Å²) in [6, 6.07) is 6.43. The number of ether oxygens (including phenoxy) is 1. The summed E-state index contributed by atoms with van der Waals surface area (Å²) in [5.41, 5.74) is -0.0613. The molecule has 8 nitrogen and oxygen atoms in total. The number of carbonyl (C=O) groups is 2. The third-order valence-corrected chi connectivity index (χ3v) is 5.79. The Balaban J connectivity index is 0.000000339. The second-order valence-corrected chi connectivity index (χ2v) is 8.02. The number of alkyl halides is 3. The van der Waals surface area contributed by atoms with E-state index in [1.165, 1.54) is 0 Å². The average molecular weight is 444 g/mol. The van der Waals surface area contributed by atoms with Crippen LogP contribution in [0.25, 0.3) is 0 Å². The molecule has 0 radical (unpaired) electrons. The fourth-order valence-corrected chi connectivity index (χ4v) is 4.16. The number of hydrogen-bond acceptors (Lipinski definition) is 5. The van der Waals surface area contributed by atoms with E-state index in [1.807, 2.05) is 28.0 Å². The first kappa shape index (κ1) is 23.1. The summed E-state index contributed by atoms with van der Waals surface area (Å²) in [4.78, 5) is 29.7. The van der Waals surface area contributed by atoms with Crippen molar-refractivity contribution in [2.24, 2.45) is 0 Å². The highest BCUT2D eigenvalue weighted by atomic mass is 19.4. The van der Waals surface area contributed by atoms with Crippen LogP contribution in [0.1, 0.15) is 32.1 Å². The van der Waals surface area contributed by atoms with Gasteiger partial charge in [0.15, 0.2) is 0 Å². The van der Waals surface area contributed by atoms with Crippen LogP contribution in [0.3, 0.4) is 0 Å². The maximum atomic E-state index is 12.5. The third kappa shape index (κ3) is 6.22. The molecule has 11 heteroatoms. The summed E-state index contributed by atoms with van der Waals surface area (Å²) >= 11 is 0. The molecule has 0 aliphatic carbocycles. The van der Waals surface area contributed by atoms with Crippen molar-refractivity contribution in [1.29, 1.82) is 0 Å². The number of urea groups is 1. The molecule has 1 aromatic heterocycles. The molecule has 3 aliphatic heterocycles.